The first-order chi connectivity index (χ1) is 11.2. The Balaban J connectivity index is 1.94. The Morgan fingerprint density at radius 1 is 1.22 bits per heavy atom. The van der Waals surface area contributed by atoms with E-state index in [-0.39, 0.29) is 5.91 Å². The molecular formula is C18H24N4O. The number of pyridine rings is 2. The number of likely N-dealkylation sites (N-methyl/N-ethyl adjacent to an activating group) is 1. The van der Waals surface area contributed by atoms with Crippen LogP contribution in [0.2, 0.25) is 0 Å². The highest BCUT2D eigenvalue weighted by Gasteiger charge is 2.09. The summed E-state index contributed by atoms with van der Waals surface area (Å²) in [5.41, 5.74) is 2.71. The molecule has 0 saturated carbocycles. The van der Waals surface area contributed by atoms with E-state index in [1.807, 2.05) is 31.3 Å². The van der Waals surface area contributed by atoms with Crippen molar-refractivity contribution in [3.63, 3.8) is 0 Å². The Morgan fingerprint density at radius 3 is 2.74 bits per heavy atom. The maximum absolute atomic E-state index is 12.1. The summed E-state index contributed by atoms with van der Waals surface area (Å²) in [6.45, 7) is 3.66. The van der Waals surface area contributed by atoms with Crippen molar-refractivity contribution in [1.29, 1.82) is 0 Å². The molecule has 2 heterocycles. The third-order valence-corrected chi connectivity index (χ3v) is 3.72. The van der Waals surface area contributed by atoms with Crippen molar-refractivity contribution in [2.75, 3.05) is 25.0 Å². The van der Waals surface area contributed by atoms with E-state index < -0.39 is 0 Å². The van der Waals surface area contributed by atoms with Crippen LogP contribution in [-0.2, 0) is 6.42 Å². The molecule has 2 rings (SSSR count). The maximum Gasteiger partial charge on any atom is 0.269 e. The van der Waals surface area contributed by atoms with Gasteiger partial charge < -0.3 is 10.2 Å². The highest BCUT2D eigenvalue weighted by atomic mass is 16.1. The van der Waals surface area contributed by atoms with Gasteiger partial charge in [0.1, 0.15) is 5.69 Å². The minimum absolute atomic E-state index is 0.108. The summed E-state index contributed by atoms with van der Waals surface area (Å²) < 4.78 is 0. The van der Waals surface area contributed by atoms with E-state index in [0.717, 1.165) is 31.5 Å². The van der Waals surface area contributed by atoms with Crippen LogP contribution in [-0.4, -0.2) is 36.0 Å². The first-order valence-corrected chi connectivity index (χ1v) is 8.05. The van der Waals surface area contributed by atoms with Crippen LogP contribution in [0.25, 0.3) is 0 Å². The van der Waals surface area contributed by atoms with Crippen LogP contribution in [0.4, 0.5) is 5.69 Å². The normalized spacial score (nSPS) is 10.3. The number of hydrogen-bond donors (Lipinski definition) is 1. The molecule has 0 saturated heterocycles. The molecule has 0 fully saturated rings. The number of hydrogen-bond acceptors (Lipinski definition) is 4. The van der Waals surface area contributed by atoms with Gasteiger partial charge in [-0.2, -0.15) is 0 Å². The molecule has 0 unspecified atom stereocenters. The minimum atomic E-state index is -0.108. The van der Waals surface area contributed by atoms with E-state index in [2.05, 4.69) is 27.1 Å². The van der Waals surface area contributed by atoms with Gasteiger partial charge >= 0.3 is 0 Å². The Kier molecular flexibility index (Phi) is 6.54. The standard InChI is InChI=1S/C18H24N4O/c1-3-4-9-21-18(23)17-14-16(7-12-20-17)22(2)13-8-15-5-10-19-11-6-15/h5-7,10-12,14H,3-4,8-9,13H2,1-2H3,(H,21,23). The first-order valence-electron chi connectivity index (χ1n) is 8.05. The van der Waals surface area contributed by atoms with Crippen LogP contribution in [0, 0.1) is 0 Å². The lowest BCUT2D eigenvalue weighted by Gasteiger charge is -2.19. The number of rotatable bonds is 8. The number of nitrogens with zero attached hydrogens (tertiary/aromatic N) is 3. The zero-order valence-electron chi connectivity index (χ0n) is 13.8. The summed E-state index contributed by atoms with van der Waals surface area (Å²) in [6, 6.07) is 7.81. The van der Waals surface area contributed by atoms with Crippen LogP contribution in [0.5, 0.6) is 0 Å². The van der Waals surface area contributed by atoms with E-state index in [0.29, 0.717) is 12.2 Å². The fraction of sp³-hybridized carbons (Fsp3) is 0.389. The zero-order chi connectivity index (χ0) is 16.5. The second kappa shape index (κ2) is 8.88. The summed E-state index contributed by atoms with van der Waals surface area (Å²) in [7, 11) is 2.02. The summed E-state index contributed by atoms with van der Waals surface area (Å²) >= 11 is 0. The van der Waals surface area contributed by atoms with Gasteiger partial charge in [-0.1, -0.05) is 13.3 Å². The average molecular weight is 312 g/mol. The summed E-state index contributed by atoms with van der Waals surface area (Å²) in [6.07, 6.45) is 8.27. The van der Waals surface area contributed by atoms with Gasteiger partial charge in [-0.05, 0) is 42.7 Å². The number of unbranched alkanes of at least 4 members (excludes halogenated alkanes) is 1. The molecule has 0 aromatic carbocycles. The Labute approximate surface area is 137 Å². The molecule has 23 heavy (non-hydrogen) atoms. The van der Waals surface area contributed by atoms with Gasteiger partial charge in [0.15, 0.2) is 0 Å². The summed E-state index contributed by atoms with van der Waals surface area (Å²) in [5.74, 6) is -0.108. The van der Waals surface area contributed by atoms with Crippen molar-refractivity contribution < 1.29 is 4.79 Å². The minimum Gasteiger partial charge on any atom is -0.374 e. The molecule has 0 aliphatic carbocycles. The van der Waals surface area contributed by atoms with E-state index in [1.54, 1.807) is 18.6 Å². The molecule has 0 aliphatic rings. The lowest BCUT2D eigenvalue weighted by Crippen LogP contribution is -2.26. The van der Waals surface area contributed by atoms with Gasteiger partial charge in [-0.3, -0.25) is 14.8 Å². The second-order valence-electron chi connectivity index (χ2n) is 5.54. The van der Waals surface area contributed by atoms with Crippen molar-refractivity contribution in [2.24, 2.45) is 0 Å². The number of aromatic nitrogens is 2. The van der Waals surface area contributed by atoms with Crippen molar-refractivity contribution in [3.05, 3.63) is 54.1 Å². The monoisotopic (exact) mass is 312 g/mol. The number of amides is 1. The molecule has 0 spiro atoms. The molecule has 5 nitrogen and oxygen atoms in total. The molecular weight excluding hydrogens is 288 g/mol. The van der Waals surface area contributed by atoms with Crippen molar-refractivity contribution in [1.82, 2.24) is 15.3 Å². The Bertz CT molecular complexity index is 615. The molecule has 122 valence electrons. The molecule has 0 radical (unpaired) electrons. The Morgan fingerprint density at radius 2 is 2.00 bits per heavy atom. The van der Waals surface area contributed by atoms with Crippen molar-refractivity contribution in [3.8, 4) is 0 Å². The largest absolute Gasteiger partial charge is 0.374 e. The number of nitrogens with one attached hydrogen (secondary N) is 1. The van der Waals surface area contributed by atoms with Crippen LogP contribution >= 0.6 is 0 Å². The van der Waals surface area contributed by atoms with Gasteiger partial charge in [0.05, 0.1) is 0 Å². The van der Waals surface area contributed by atoms with E-state index in [4.69, 9.17) is 0 Å². The van der Waals surface area contributed by atoms with Gasteiger partial charge in [0.2, 0.25) is 0 Å². The number of anilines is 1. The lowest BCUT2D eigenvalue weighted by molar-refractivity contribution is 0.0948. The third-order valence-electron chi connectivity index (χ3n) is 3.72. The fourth-order valence-corrected chi connectivity index (χ4v) is 2.23. The molecule has 2 aromatic rings. The van der Waals surface area contributed by atoms with Crippen molar-refractivity contribution >= 4 is 11.6 Å². The molecule has 1 amide bonds. The Hall–Kier alpha value is -2.43. The van der Waals surface area contributed by atoms with Crippen LogP contribution in [0.3, 0.4) is 0 Å². The lowest BCUT2D eigenvalue weighted by atomic mass is 10.2. The molecule has 0 bridgehead atoms. The molecule has 1 N–H and O–H groups in total. The van der Waals surface area contributed by atoms with Crippen LogP contribution in [0.1, 0.15) is 35.8 Å². The zero-order valence-corrected chi connectivity index (χ0v) is 13.8. The van der Waals surface area contributed by atoms with Gasteiger partial charge in [-0.15, -0.1) is 0 Å². The quantitative estimate of drug-likeness (QED) is 0.761. The topological polar surface area (TPSA) is 58.1 Å². The predicted octanol–water partition coefficient (Wildman–Crippen LogP) is 2.69. The van der Waals surface area contributed by atoms with Gasteiger partial charge in [0.25, 0.3) is 5.91 Å². The molecule has 0 atom stereocenters. The molecule has 2 aromatic heterocycles. The maximum atomic E-state index is 12.1. The number of carbonyl (C=O) groups is 1. The first kappa shape index (κ1) is 16.9. The van der Waals surface area contributed by atoms with E-state index >= 15 is 0 Å². The summed E-state index contributed by atoms with van der Waals surface area (Å²) in [4.78, 5) is 22.4. The second-order valence-corrected chi connectivity index (χ2v) is 5.54. The fourth-order valence-electron chi connectivity index (χ4n) is 2.23. The SMILES string of the molecule is CCCCNC(=O)c1cc(N(C)CCc2ccncc2)ccn1. The average Bonchev–Trinajstić information content (AvgIpc) is 2.61. The van der Waals surface area contributed by atoms with Crippen LogP contribution in [0.15, 0.2) is 42.9 Å². The molecule has 0 aliphatic heterocycles. The van der Waals surface area contributed by atoms with E-state index in [1.165, 1.54) is 5.56 Å². The third kappa shape index (κ3) is 5.36. The number of carbonyl (C=O) groups excluding carboxylic acids is 1. The highest BCUT2D eigenvalue weighted by molar-refractivity contribution is 5.93. The predicted molar refractivity (Wildman–Crippen MR) is 92.7 cm³/mol. The van der Waals surface area contributed by atoms with Gasteiger partial charge in [0, 0.05) is 44.4 Å². The van der Waals surface area contributed by atoms with E-state index in [9.17, 15) is 4.79 Å². The van der Waals surface area contributed by atoms with Crippen LogP contribution < -0.4 is 10.2 Å². The van der Waals surface area contributed by atoms with Crippen molar-refractivity contribution in [2.45, 2.75) is 26.2 Å². The smallest absolute Gasteiger partial charge is 0.269 e. The summed E-state index contributed by atoms with van der Waals surface area (Å²) in [5, 5.41) is 2.90. The van der Waals surface area contributed by atoms with Gasteiger partial charge in [-0.25, -0.2) is 0 Å². The molecule has 5 heteroatoms. The highest BCUT2D eigenvalue weighted by Crippen LogP contribution is 2.13.